The van der Waals surface area contributed by atoms with Crippen molar-refractivity contribution in [2.24, 2.45) is 0 Å². The zero-order chi connectivity index (χ0) is 19.7. The van der Waals surface area contributed by atoms with Crippen LogP contribution in [0.5, 0.6) is 5.75 Å². The monoisotopic (exact) mass is 383 g/mol. The van der Waals surface area contributed by atoms with Crippen LogP contribution in [0.25, 0.3) is 22.5 Å². The molecule has 3 aromatic rings. The molecule has 0 atom stereocenters. The third-order valence-electron chi connectivity index (χ3n) is 4.91. The van der Waals surface area contributed by atoms with Crippen LogP contribution >= 0.6 is 0 Å². The second kappa shape index (κ2) is 7.52. The quantitative estimate of drug-likeness (QED) is 0.689. The molecule has 28 heavy (non-hydrogen) atoms. The van der Waals surface area contributed by atoms with Crippen LogP contribution in [0.2, 0.25) is 0 Å². The molecule has 0 bridgehead atoms. The van der Waals surface area contributed by atoms with E-state index >= 15 is 0 Å². The number of ether oxygens (including phenoxy) is 2. The molecule has 0 aliphatic carbocycles. The molecule has 0 saturated carbocycles. The molecule has 0 radical (unpaired) electrons. The van der Waals surface area contributed by atoms with Gasteiger partial charge in [0.15, 0.2) is 12.4 Å². The summed E-state index contributed by atoms with van der Waals surface area (Å²) in [5, 5.41) is 0.409. The van der Waals surface area contributed by atoms with E-state index in [1.807, 2.05) is 19.9 Å². The van der Waals surface area contributed by atoms with E-state index in [-0.39, 0.29) is 29.5 Å². The molecular formula is C21H21NO6. The van der Waals surface area contributed by atoms with Crippen LogP contribution in [0.15, 0.2) is 44.2 Å². The molecule has 4 rings (SSSR count). The van der Waals surface area contributed by atoms with E-state index in [4.69, 9.17) is 18.3 Å². The molecule has 0 unspecified atom stereocenters. The van der Waals surface area contributed by atoms with E-state index in [9.17, 15) is 9.59 Å². The molecule has 7 nitrogen and oxygen atoms in total. The van der Waals surface area contributed by atoms with Crippen molar-refractivity contribution in [3.8, 4) is 17.3 Å². The number of carbonyl (C=O) groups is 1. The summed E-state index contributed by atoms with van der Waals surface area (Å²) in [6.07, 6.45) is 1.49. The lowest BCUT2D eigenvalue weighted by Gasteiger charge is -2.26. The summed E-state index contributed by atoms with van der Waals surface area (Å²) in [5.74, 6) is 0.326. The number of rotatable bonds is 4. The Balaban J connectivity index is 1.73. The van der Waals surface area contributed by atoms with E-state index in [1.54, 1.807) is 23.1 Å². The molecule has 146 valence electrons. The Bertz CT molecular complexity index is 1060. The van der Waals surface area contributed by atoms with Gasteiger partial charge in [-0.3, -0.25) is 9.59 Å². The van der Waals surface area contributed by atoms with Crippen LogP contribution in [0.4, 0.5) is 0 Å². The number of aryl methyl sites for hydroxylation is 2. The number of carbonyl (C=O) groups excluding carboxylic acids is 1. The zero-order valence-electron chi connectivity index (χ0n) is 15.8. The highest BCUT2D eigenvalue weighted by molar-refractivity contribution is 5.83. The van der Waals surface area contributed by atoms with Crippen LogP contribution in [-0.2, 0) is 9.53 Å². The summed E-state index contributed by atoms with van der Waals surface area (Å²) >= 11 is 0. The fraction of sp³-hybridized carbons (Fsp3) is 0.333. The van der Waals surface area contributed by atoms with Crippen molar-refractivity contribution in [1.29, 1.82) is 0 Å². The Hall–Kier alpha value is -3.06. The highest BCUT2D eigenvalue weighted by Gasteiger charge is 2.23. The molecule has 1 aliphatic heterocycles. The lowest BCUT2D eigenvalue weighted by atomic mass is 10.1. The Morgan fingerprint density at radius 3 is 2.64 bits per heavy atom. The van der Waals surface area contributed by atoms with Crippen molar-refractivity contribution < 1.29 is 23.1 Å². The summed E-state index contributed by atoms with van der Waals surface area (Å²) < 4.78 is 22.3. The van der Waals surface area contributed by atoms with Crippen molar-refractivity contribution in [2.75, 3.05) is 32.9 Å². The predicted molar refractivity (Wildman–Crippen MR) is 103 cm³/mol. The summed E-state index contributed by atoms with van der Waals surface area (Å²) in [5.41, 5.74) is 2.11. The molecule has 2 aromatic heterocycles. The van der Waals surface area contributed by atoms with Gasteiger partial charge < -0.3 is 23.2 Å². The number of amides is 1. The number of nitrogens with zero attached hydrogens (tertiary/aromatic N) is 1. The average molecular weight is 383 g/mol. The maximum Gasteiger partial charge on any atom is 0.260 e. The summed E-state index contributed by atoms with van der Waals surface area (Å²) in [7, 11) is 0. The van der Waals surface area contributed by atoms with E-state index < -0.39 is 0 Å². The van der Waals surface area contributed by atoms with E-state index in [0.29, 0.717) is 43.0 Å². The van der Waals surface area contributed by atoms with Gasteiger partial charge in [-0.2, -0.15) is 0 Å². The molecular weight excluding hydrogens is 362 g/mol. The Kier molecular flexibility index (Phi) is 4.92. The van der Waals surface area contributed by atoms with Crippen LogP contribution < -0.4 is 10.2 Å². The highest BCUT2D eigenvalue weighted by atomic mass is 16.5. The van der Waals surface area contributed by atoms with Gasteiger partial charge in [0.1, 0.15) is 5.58 Å². The minimum Gasteiger partial charge on any atom is -0.476 e. The van der Waals surface area contributed by atoms with Crippen molar-refractivity contribution in [1.82, 2.24) is 4.90 Å². The number of furan rings is 1. The molecule has 1 amide bonds. The Morgan fingerprint density at radius 1 is 1.18 bits per heavy atom. The van der Waals surface area contributed by atoms with Gasteiger partial charge in [0, 0.05) is 13.1 Å². The lowest BCUT2D eigenvalue weighted by molar-refractivity contribution is -0.137. The maximum atomic E-state index is 13.1. The van der Waals surface area contributed by atoms with Gasteiger partial charge in [-0.1, -0.05) is 0 Å². The summed E-state index contributed by atoms with van der Waals surface area (Å²) in [4.78, 5) is 27.2. The zero-order valence-corrected chi connectivity index (χ0v) is 15.8. The van der Waals surface area contributed by atoms with Gasteiger partial charge in [0.05, 0.1) is 24.9 Å². The molecule has 1 aromatic carbocycles. The molecule has 7 heteroatoms. The van der Waals surface area contributed by atoms with Gasteiger partial charge in [0.2, 0.25) is 16.9 Å². The molecule has 1 saturated heterocycles. The first-order valence-corrected chi connectivity index (χ1v) is 9.15. The molecule has 1 fully saturated rings. The van der Waals surface area contributed by atoms with Gasteiger partial charge in [-0.05, 0) is 49.2 Å². The topological polar surface area (TPSA) is 82.1 Å². The first kappa shape index (κ1) is 18.3. The first-order valence-electron chi connectivity index (χ1n) is 9.15. The first-order chi connectivity index (χ1) is 13.5. The molecule has 3 heterocycles. The number of hydrogen-bond acceptors (Lipinski definition) is 6. The third-order valence-corrected chi connectivity index (χ3v) is 4.91. The average Bonchev–Trinajstić information content (AvgIpc) is 3.24. The second-order valence-corrected chi connectivity index (χ2v) is 6.78. The maximum absolute atomic E-state index is 13.1. The number of benzene rings is 1. The standard InChI is InChI=1S/C21H21NO6/c1-13-10-15-17(11-14(13)2)28-20(16-4-3-7-26-16)21(19(15)24)27-12-18(23)22-5-8-25-9-6-22/h3-4,7,10-11H,5-6,8-9,12H2,1-2H3. The van der Waals surface area contributed by atoms with Crippen molar-refractivity contribution in [2.45, 2.75) is 13.8 Å². The second-order valence-electron chi connectivity index (χ2n) is 6.78. The SMILES string of the molecule is Cc1cc2oc(-c3ccco3)c(OCC(=O)N3CCOCC3)c(=O)c2cc1C. The number of fused-ring (bicyclic) bond motifs is 1. The van der Waals surface area contributed by atoms with Crippen LogP contribution in [0.1, 0.15) is 11.1 Å². The summed E-state index contributed by atoms with van der Waals surface area (Å²) in [6, 6.07) is 6.98. The smallest absolute Gasteiger partial charge is 0.260 e. The van der Waals surface area contributed by atoms with Crippen molar-refractivity contribution in [3.05, 3.63) is 51.9 Å². The van der Waals surface area contributed by atoms with Crippen LogP contribution in [0.3, 0.4) is 0 Å². The van der Waals surface area contributed by atoms with Gasteiger partial charge in [0.25, 0.3) is 5.91 Å². The number of morpholine rings is 1. The summed E-state index contributed by atoms with van der Waals surface area (Å²) in [6.45, 7) is 5.65. The fourth-order valence-corrected chi connectivity index (χ4v) is 3.17. The molecule has 0 N–H and O–H groups in total. The molecule has 1 aliphatic rings. The minimum absolute atomic E-state index is 0.0210. The minimum atomic E-state index is -0.328. The predicted octanol–water partition coefficient (Wildman–Crippen LogP) is 2.91. The van der Waals surface area contributed by atoms with Gasteiger partial charge in [-0.25, -0.2) is 0 Å². The van der Waals surface area contributed by atoms with E-state index in [1.165, 1.54) is 6.26 Å². The van der Waals surface area contributed by atoms with E-state index in [2.05, 4.69) is 0 Å². The largest absolute Gasteiger partial charge is 0.476 e. The lowest BCUT2D eigenvalue weighted by Crippen LogP contribution is -2.43. The van der Waals surface area contributed by atoms with Gasteiger partial charge >= 0.3 is 0 Å². The van der Waals surface area contributed by atoms with Crippen LogP contribution in [0, 0.1) is 13.8 Å². The number of hydrogen-bond donors (Lipinski definition) is 0. The Labute approximate surface area is 161 Å². The van der Waals surface area contributed by atoms with Crippen molar-refractivity contribution >= 4 is 16.9 Å². The normalized spacial score (nSPS) is 14.4. The van der Waals surface area contributed by atoms with E-state index in [0.717, 1.165) is 11.1 Å². The fourth-order valence-electron chi connectivity index (χ4n) is 3.17. The van der Waals surface area contributed by atoms with Crippen molar-refractivity contribution in [3.63, 3.8) is 0 Å². The molecule has 0 spiro atoms. The third kappa shape index (κ3) is 3.41. The van der Waals surface area contributed by atoms with Gasteiger partial charge in [-0.15, -0.1) is 0 Å². The Morgan fingerprint density at radius 2 is 1.93 bits per heavy atom. The van der Waals surface area contributed by atoms with Crippen LogP contribution in [-0.4, -0.2) is 43.7 Å². The highest BCUT2D eigenvalue weighted by Crippen LogP contribution is 2.32.